The van der Waals surface area contributed by atoms with Crippen LogP contribution in [0.1, 0.15) is 16.3 Å². The van der Waals surface area contributed by atoms with Crippen molar-refractivity contribution in [2.24, 2.45) is 0 Å². The van der Waals surface area contributed by atoms with Crippen molar-refractivity contribution in [3.63, 3.8) is 0 Å². The average molecular weight is 508 g/mol. The molecule has 35 heavy (non-hydrogen) atoms. The lowest BCUT2D eigenvalue weighted by molar-refractivity contribution is 0.0685. The Morgan fingerprint density at radius 2 is 1.54 bits per heavy atom. The van der Waals surface area contributed by atoms with Gasteiger partial charge < -0.3 is 4.90 Å². The van der Waals surface area contributed by atoms with Crippen molar-refractivity contribution in [1.82, 2.24) is 24.2 Å². The highest BCUT2D eigenvalue weighted by molar-refractivity contribution is 7.89. The number of sulfonamides is 1. The van der Waals surface area contributed by atoms with Crippen LogP contribution in [0.5, 0.6) is 0 Å². The molecule has 178 valence electrons. The second kappa shape index (κ2) is 9.33. The number of hydrogen-bond acceptors (Lipinski definition) is 6. The van der Waals surface area contributed by atoms with E-state index in [1.165, 1.54) is 4.31 Å². The van der Waals surface area contributed by atoms with Crippen LogP contribution in [0.3, 0.4) is 0 Å². The molecule has 1 aliphatic heterocycles. The highest BCUT2D eigenvalue weighted by Crippen LogP contribution is 2.25. The SMILES string of the molecule is Cc1cc(-c2cnc(C(=O)N3CCN(S(=O)(=O)c4ccc5cc(Cl)ccc5c4)CC3)nc2)ccn1. The molecule has 0 bridgehead atoms. The van der Waals surface area contributed by atoms with E-state index in [0.717, 1.165) is 27.6 Å². The van der Waals surface area contributed by atoms with Crippen LogP contribution < -0.4 is 0 Å². The van der Waals surface area contributed by atoms with Gasteiger partial charge in [-0.2, -0.15) is 4.31 Å². The summed E-state index contributed by atoms with van der Waals surface area (Å²) in [6.45, 7) is 2.81. The first kappa shape index (κ1) is 23.3. The lowest BCUT2D eigenvalue weighted by atomic mass is 10.1. The third kappa shape index (κ3) is 4.75. The summed E-state index contributed by atoms with van der Waals surface area (Å²) in [6, 6.07) is 14.1. The number of halogens is 1. The fourth-order valence-electron chi connectivity index (χ4n) is 4.09. The minimum Gasteiger partial charge on any atom is -0.333 e. The number of aryl methyl sites for hydroxylation is 1. The van der Waals surface area contributed by atoms with E-state index in [1.807, 2.05) is 19.1 Å². The van der Waals surface area contributed by atoms with Crippen LogP contribution in [-0.2, 0) is 10.0 Å². The quantitative estimate of drug-likeness (QED) is 0.417. The number of fused-ring (bicyclic) bond motifs is 1. The molecule has 0 saturated carbocycles. The van der Waals surface area contributed by atoms with E-state index >= 15 is 0 Å². The molecule has 0 radical (unpaired) electrons. The molecule has 0 N–H and O–H groups in total. The summed E-state index contributed by atoms with van der Waals surface area (Å²) in [5.74, 6) is -0.230. The number of hydrogen-bond donors (Lipinski definition) is 0. The summed E-state index contributed by atoms with van der Waals surface area (Å²) in [4.78, 5) is 27.4. The fourth-order valence-corrected chi connectivity index (χ4v) is 5.73. The van der Waals surface area contributed by atoms with Gasteiger partial charge in [0.15, 0.2) is 0 Å². The van der Waals surface area contributed by atoms with Gasteiger partial charge >= 0.3 is 0 Å². The van der Waals surface area contributed by atoms with Gasteiger partial charge in [0.1, 0.15) is 0 Å². The summed E-state index contributed by atoms with van der Waals surface area (Å²) in [6.07, 6.45) is 4.94. The predicted molar refractivity (Wildman–Crippen MR) is 134 cm³/mol. The molecule has 2 aromatic heterocycles. The lowest BCUT2D eigenvalue weighted by Gasteiger charge is -2.33. The predicted octanol–water partition coefficient (Wildman–Crippen LogP) is 3.80. The first-order chi connectivity index (χ1) is 16.8. The minimum absolute atomic E-state index is 0.0871. The number of pyridine rings is 1. The van der Waals surface area contributed by atoms with Gasteiger partial charge in [-0.1, -0.05) is 23.7 Å². The van der Waals surface area contributed by atoms with Gasteiger partial charge in [-0.15, -0.1) is 0 Å². The number of amides is 1. The molecule has 4 aromatic rings. The van der Waals surface area contributed by atoms with Gasteiger partial charge in [0.2, 0.25) is 15.8 Å². The van der Waals surface area contributed by atoms with Gasteiger partial charge in [0.25, 0.3) is 5.91 Å². The molecule has 0 spiro atoms. The molecule has 0 aliphatic carbocycles. The molecule has 2 aromatic carbocycles. The molecule has 10 heteroatoms. The van der Waals surface area contributed by atoms with Crippen LogP contribution in [-0.4, -0.2) is 64.7 Å². The molecular formula is C25H22ClN5O3S. The Balaban J connectivity index is 1.26. The Labute approximate surface area is 208 Å². The van der Waals surface area contributed by atoms with Gasteiger partial charge in [0, 0.05) is 61.0 Å². The van der Waals surface area contributed by atoms with Crippen molar-refractivity contribution in [1.29, 1.82) is 0 Å². The van der Waals surface area contributed by atoms with Gasteiger partial charge in [0.05, 0.1) is 4.90 Å². The molecule has 1 fully saturated rings. The maximum atomic E-state index is 13.2. The third-order valence-corrected chi connectivity index (χ3v) is 8.14. The first-order valence-electron chi connectivity index (χ1n) is 11.0. The normalized spacial score (nSPS) is 14.9. The standard InChI is InChI=1S/C25H22ClN5O3S/c1-17-12-20(6-7-27-17)21-15-28-24(29-16-21)25(32)30-8-10-31(11-9-30)35(33,34)23-5-3-18-13-22(26)4-2-19(18)14-23/h2-7,12-16H,8-11H2,1H3. The molecule has 1 aliphatic rings. The van der Waals surface area contributed by atoms with Crippen LogP contribution in [0, 0.1) is 6.92 Å². The van der Waals surface area contributed by atoms with Crippen molar-refractivity contribution in [2.45, 2.75) is 11.8 Å². The second-order valence-electron chi connectivity index (χ2n) is 8.33. The Bertz CT molecular complexity index is 1520. The molecule has 5 rings (SSSR count). The van der Waals surface area contributed by atoms with Crippen molar-refractivity contribution in [2.75, 3.05) is 26.2 Å². The molecular weight excluding hydrogens is 486 g/mol. The van der Waals surface area contributed by atoms with Crippen molar-refractivity contribution in [3.05, 3.63) is 83.7 Å². The third-order valence-electron chi connectivity index (χ3n) is 6.01. The maximum absolute atomic E-state index is 13.2. The smallest absolute Gasteiger partial charge is 0.291 e. The van der Waals surface area contributed by atoms with Crippen LogP contribution in [0.15, 0.2) is 72.0 Å². The fraction of sp³-hybridized carbons (Fsp3) is 0.200. The molecule has 0 unspecified atom stereocenters. The number of piperazine rings is 1. The van der Waals surface area contributed by atoms with Crippen LogP contribution >= 0.6 is 11.6 Å². The number of carbonyl (C=O) groups excluding carboxylic acids is 1. The van der Waals surface area contributed by atoms with Crippen molar-refractivity contribution >= 4 is 38.3 Å². The van der Waals surface area contributed by atoms with E-state index < -0.39 is 10.0 Å². The van der Waals surface area contributed by atoms with E-state index in [9.17, 15) is 13.2 Å². The average Bonchev–Trinajstić information content (AvgIpc) is 2.88. The molecule has 1 saturated heterocycles. The van der Waals surface area contributed by atoms with E-state index in [-0.39, 0.29) is 42.8 Å². The largest absolute Gasteiger partial charge is 0.333 e. The Hall–Kier alpha value is -3.40. The molecule has 0 atom stereocenters. The zero-order valence-electron chi connectivity index (χ0n) is 18.9. The summed E-state index contributed by atoms with van der Waals surface area (Å²) in [5.41, 5.74) is 2.59. The van der Waals surface area contributed by atoms with E-state index in [0.29, 0.717) is 5.02 Å². The van der Waals surface area contributed by atoms with Crippen LogP contribution in [0.2, 0.25) is 5.02 Å². The van der Waals surface area contributed by atoms with Crippen LogP contribution in [0.25, 0.3) is 21.9 Å². The minimum atomic E-state index is -3.69. The molecule has 3 heterocycles. The van der Waals surface area contributed by atoms with Gasteiger partial charge in [-0.3, -0.25) is 9.78 Å². The van der Waals surface area contributed by atoms with E-state index in [1.54, 1.807) is 59.9 Å². The van der Waals surface area contributed by atoms with Gasteiger partial charge in [-0.25, -0.2) is 18.4 Å². The van der Waals surface area contributed by atoms with E-state index in [4.69, 9.17) is 11.6 Å². The lowest BCUT2D eigenvalue weighted by Crippen LogP contribution is -2.50. The highest BCUT2D eigenvalue weighted by atomic mass is 35.5. The zero-order valence-corrected chi connectivity index (χ0v) is 20.5. The Morgan fingerprint density at radius 1 is 0.857 bits per heavy atom. The summed E-state index contributed by atoms with van der Waals surface area (Å²) in [5, 5.41) is 2.27. The Morgan fingerprint density at radius 3 is 2.26 bits per heavy atom. The monoisotopic (exact) mass is 507 g/mol. The van der Waals surface area contributed by atoms with Crippen LogP contribution in [0.4, 0.5) is 0 Å². The summed E-state index contributed by atoms with van der Waals surface area (Å²) in [7, 11) is -3.69. The summed E-state index contributed by atoms with van der Waals surface area (Å²) >= 11 is 6.03. The number of nitrogens with zero attached hydrogens (tertiary/aromatic N) is 5. The van der Waals surface area contributed by atoms with Crippen molar-refractivity contribution in [3.8, 4) is 11.1 Å². The number of aromatic nitrogens is 3. The Kier molecular flexibility index (Phi) is 6.22. The zero-order chi connectivity index (χ0) is 24.6. The maximum Gasteiger partial charge on any atom is 0.291 e. The first-order valence-corrected chi connectivity index (χ1v) is 12.9. The molecule has 1 amide bonds. The molecule has 8 nitrogen and oxygen atoms in total. The van der Waals surface area contributed by atoms with Gasteiger partial charge in [-0.05, 0) is 59.7 Å². The number of carbonyl (C=O) groups is 1. The van der Waals surface area contributed by atoms with E-state index in [2.05, 4.69) is 15.0 Å². The second-order valence-corrected chi connectivity index (χ2v) is 10.7. The number of benzene rings is 2. The topological polar surface area (TPSA) is 96.4 Å². The number of rotatable bonds is 4. The highest BCUT2D eigenvalue weighted by Gasteiger charge is 2.31. The van der Waals surface area contributed by atoms with Crippen molar-refractivity contribution < 1.29 is 13.2 Å². The summed E-state index contributed by atoms with van der Waals surface area (Å²) < 4.78 is 27.8.